The van der Waals surface area contributed by atoms with E-state index in [2.05, 4.69) is 10.0 Å². The normalized spacial score (nSPS) is 12.4. The molecule has 0 radical (unpaired) electrons. The molecule has 0 fully saturated rings. The van der Waals surface area contributed by atoms with Crippen LogP contribution < -0.4 is 14.8 Å². The summed E-state index contributed by atoms with van der Waals surface area (Å²) in [7, 11) is -2.09. The molecule has 1 atom stereocenters. The molecule has 0 saturated carbocycles. The fourth-order valence-electron chi connectivity index (χ4n) is 2.13. The highest BCUT2D eigenvalue weighted by atomic mass is 32.2. The summed E-state index contributed by atoms with van der Waals surface area (Å²) in [5.41, 5.74) is 2.00. The van der Waals surface area contributed by atoms with Crippen LogP contribution in [0.15, 0.2) is 53.4 Å². The van der Waals surface area contributed by atoms with Crippen molar-refractivity contribution in [3.63, 3.8) is 0 Å². The van der Waals surface area contributed by atoms with Gasteiger partial charge in [0.2, 0.25) is 10.0 Å². The highest BCUT2D eigenvalue weighted by molar-refractivity contribution is 7.89. The lowest BCUT2D eigenvalue weighted by Gasteiger charge is -2.13. The molecule has 0 aliphatic heterocycles. The molecule has 6 nitrogen and oxygen atoms in total. The third-order valence-corrected chi connectivity index (χ3v) is 5.07. The van der Waals surface area contributed by atoms with Gasteiger partial charge in [-0.05, 0) is 43.7 Å². The van der Waals surface area contributed by atoms with E-state index in [1.165, 1.54) is 31.3 Å². The molecule has 2 N–H and O–H groups in total. The molecule has 0 bridgehead atoms. The Morgan fingerprint density at radius 3 is 2.24 bits per heavy atom. The highest BCUT2D eigenvalue weighted by Crippen LogP contribution is 2.17. The topological polar surface area (TPSA) is 84.5 Å². The molecule has 1 amide bonds. The average molecular weight is 362 g/mol. The van der Waals surface area contributed by atoms with Crippen molar-refractivity contribution < 1.29 is 17.9 Å². The van der Waals surface area contributed by atoms with Crippen LogP contribution in [0.25, 0.3) is 0 Å². The zero-order chi connectivity index (χ0) is 18.4. The molecule has 2 rings (SSSR count). The number of amides is 1. The molecule has 25 heavy (non-hydrogen) atoms. The fraction of sp³-hybridized carbons (Fsp3) is 0.278. The lowest BCUT2D eigenvalue weighted by Crippen LogP contribution is -2.33. The summed E-state index contributed by atoms with van der Waals surface area (Å²) in [6.07, 6.45) is -0.660. The van der Waals surface area contributed by atoms with E-state index < -0.39 is 16.1 Å². The quantitative estimate of drug-likeness (QED) is 0.789. The molecule has 0 spiro atoms. The molecule has 0 aliphatic rings. The molecule has 7 heteroatoms. The third kappa shape index (κ3) is 5.30. The van der Waals surface area contributed by atoms with E-state index in [1.54, 1.807) is 6.92 Å². The van der Waals surface area contributed by atoms with Gasteiger partial charge in [-0.1, -0.05) is 29.8 Å². The van der Waals surface area contributed by atoms with Crippen LogP contribution in [-0.4, -0.2) is 27.5 Å². The second-order valence-corrected chi connectivity index (χ2v) is 7.42. The van der Waals surface area contributed by atoms with Crippen molar-refractivity contribution in [2.45, 2.75) is 31.4 Å². The lowest BCUT2D eigenvalue weighted by atomic mass is 10.2. The molecule has 0 unspecified atom stereocenters. The minimum Gasteiger partial charge on any atom is -0.481 e. The van der Waals surface area contributed by atoms with Crippen molar-refractivity contribution >= 4 is 15.9 Å². The molecular formula is C18H22N2O4S. The first-order valence-corrected chi connectivity index (χ1v) is 9.33. The van der Waals surface area contributed by atoms with Crippen LogP contribution in [0.2, 0.25) is 0 Å². The monoisotopic (exact) mass is 362 g/mol. The molecule has 2 aromatic rings. The summed E-state index contributed by atoms with van der Waals surface area (Å²) in [5.74, 6) is 0.171. The minimum absolute atomic E-state index is 0.138. The van der Waals surface area contributed by atoms with Gasteiger partial charge in [0.15, 0.2) is 6.10 Å². The summed E-state index contributed by atoms with van der Waals surface area (Å²) < 4.78 is 32.7. The third-order valence-electron chi connectivity index (χ3n) is 3.65. The van der Waals surface area contributed by atoms with Crippen molar-refractivity contribution in [2.75, 3.05) is 7.05 Å². The number of ether oxygens (including phenoxy) is 1. The first-order chi connectivity index (χ1) is 11.8. The van der Waals surface area contributed by atoms with Crippen molar-refractivity contribution in [3.05, 3.63) is 59.7 Å². The van der Waals surface area contributed by atoms with Crippen molar-refractivity contribution in [1.82, 2.24) is 10.0 Å². The molecule has 0 aliphatic carbocycles. The number of benzene rings is 2. The standard InChI is InChI=1S/C18H22N2O4S/c1-13-4-6-15(7-5-13)12-20-25(22,23)17-10-8-16(9-11-17)24-14(2)18(21)19-3/h4-11,14,20H,12H2,1-3H3,(H,19,21)/t14-/m1/s1. The number of carbonyl (C=O) groups excluding carboxylic acids is 1. The van der Waals surface area contributed by atoms with E-state index in [9.17, 15) is 13.2 Å². The smallest absolute Gasteiger partial charge is 0.260 e. The number of carbonyl (C=O) groups is 1. The second kappa shape index (κ2) is 8.13. The molecule has 0 heterocycles. The van der Waals surface area contributed by atoms with Crippen molar-refractivity contribution in [1.29, 1.82) is 0 Å². The van der Waals surface area contributed by atoms with Gasteiger partial charge in [0.25, 0.3) is 5.91 Å². The van der Waals surface area contributed by atoms with Crippen molar-refractivity contribution in [3.8, 4) is 5.75 Å². The maximum Gasteiger partial charge on any atom is 0.260 e. The van der Waals surface area contributed by atoms with Gasteiger partial charge in [-0.25, -0.2) is 13.1 Å². The molecular weight excluding hydrogens is 340 g/mol. The number of rotatable bonds is 7. The Kier molecular flexibility index (Phi) is 6.17. The van der Waals surface area contributed by atoms with E-state index in [4.69, 9.17) is 4.74 Å². The zero-order valence-corrected chi connectivity index (χ0v) is 15.3. The fourth-order valence-corrected chi connectivity index (χ4v) is 3.14. The van der Waals surface area contributed by atoms with E-state index in [-0.39, 0.29) is 17.3 Å². The number of nitrogens with one attached hydrogen (secondary N) is 2. The Balaban J connectivity index is 2.02. The van der Waals surface area contributed by atoms with E-state index >= 15 is 0 Å². The van der Waals surface area contributed by atoms with Gasteiger partial charge in [0, 0.05) is 13.6 Å². The zero-order valence-electron chi connectivity index (χ0n) is 14.4. The minimum atomic E-state index is -3.62. The van der Waals surface area contributed by atoms with Gasteiger partial charge in [-0.2, -0.15) is 0 Å². The van der Waals surface area contributed by atoms with Gasteiger partial charge in [0.05, 0.1) is 4.90 Å². The Morgan fingerprint density at radius 1 is 1.08 bits per heavy atom. The SMILES string of the molecule is CNC(=O)[C@@H](C)Oc1ccc(S(=O)(=O)NCc2ccc(C)cc2)cc1. The number of likely N-dealkylation sites (N-methyl/N-ethyl adjacent to an activating group) is 1. The van der Waals surface area contributed by atoms with Gasteiger partial charge in [-0.3, -0.25) is 4.79 Å². The predicted molar refractivity (Wildman–Crippen MR) is 95.8 cm³/mol. The molecule has 134 valence electrons. The molecule has 0 aromatic heterocycles. The van der Waals surface area contributed by atoms with Gasteiger partial charge < -0.3 is 10.1 Å². The van der Waals surface area contributed by atoms with Crippen LogP contribution in [-0.2, 0) is 21.4 Å². The summed E-state index contributed by atoms with van der Waals surface area (Å²) in [6, 6.07) is 13.6. The maximum absolute atomic E-state index is 12.3. The first kappa shape index (κ1) is 19.0. The van der Waals surface area contributed by atoms with Crippen molar-refractivity contribution in [2.24, 2.45) is 0 Å². The lowest BCUT2D eigenvalue weighted by molar-refractivity contribution is -0.126. The Bertz CT molecular complexity index is 815. The van der Waals surface area contributed by atoms with Gasteiger partial charge in [-0.15, -0.1) is 0 Å². The summed E-state index contributed by atoms with van der Waals surface area (Å²) >= 11 is 0. The second-order valence-electron chi connectivity index (χ2n) is 5.66. The van der Waals surface area contributed by atoms with Gasteiger partial charge in [0.1, 0.15) is 5.75 Å². The number of hydrogen-bond donors (Lipinski definition) is 2. The van der Waals surface area contributed by atoms with Crippen LogP contribution in [0.4, 0.5) is 0 Å². The number of aryl methyl sites for hydroxylation is 1. The molecule has 0 saturated heterocycles. The maximum atomic E-state index is 12.3. The summed E-state index contributed by atoms with van der Waals surface area (Å²) in [5, 5.41) is 2.49. The van der Waals surface area contributed by atoms with Crippen LogP contribution in [0.5, 0.6) is 5.75 Å². The van der Waals surface area contributed by atoms with Crippen LogP contribution in [0.3, 0.4) is 0 Å². The van der Waals surface area contributed by atoms with E-state index in [0.29, 0.717) is 5.75 Å². The highest BCUT2D eigenvalue weighted by Gasteiger charge is 2.16. The number of sulfonamides is 1. The first-order valence-electron chi connectivity index (χ1n) is 7.85. The Labute approximate surface area is 148 Å². The Morgan fingerprint density at radius 2 is 1.68 bits per heavy atom. The van der Waals surface area contributed by atoms with Crippen LogP contribution in [0.1, 0.15) is 18.1 Å². The Hall–Kier alpha value is -2.38. The molecule has 2 aromatic carbocycles. The predicted octanol–water partition coefficient (Wildman–Crippen LogP) is 1.99. The van der Waals surface area contributed by atoms with Gasteiger partial charge >= 0.3 is 0 Å². The van der Waals surface area contributed by atoms with Crippen LogP contribution >= 0.6 is 0 Å². The average Bonchev–Trinajstić information content (AvgIpc) is 2.61. The van der Waals surface area contributed by atoms with E-state index in [0.717, 1.165) is 11.1 Å². The summed E-state index contributed by atoms with van der Waals surface area (Å²) in [4.78, 5) is 11.6. The van der Waals surface area contributed by atoms with E-state index in [1.807, 2.05) is 31.2 Å². The summed E-state index contributed by atoms with van der Waals surface area (Å²) in [6.45, 7) is 3.81. The number of hydrogen-bond acceptors (Lipinski definition) is 4. The largest absolute Gasteiger partial charge is 0.481 e. The van der Waals surface area contributed by atoms with Crippen LogP contribution in [0, 0.1) is 6.92 Å².